The summed E-state index contributed by atoms with van der Waals surface area (Å²) in [7, 11) is 1.51. The van der Waals surface area contributed by atoms with Crippen LogP contribution in [0.4, 0.5) is 13.2 Å². The summed E-state index contributed by atoms with van der Waals surface area (Å²) in [6.07, 6.45) is -4.32. The van der Waals surface area contributed by atoms with Crippen LogP contribution in [-0.2, 0) is 9.47 Å². The first-order valence-corrected chi connectivity index (χ1v) is 4.78. The minimum absolute atomic E-state index is 0.130. The Bertz CT molecular complexity index is 216. The number of hydrogen-bond acceptors (Lipinski definition) is 4. The van der Waals surface area contributed by atoms with Gasteiger partial charge in [-0.3, -0.25) is 9.64 Å². The third-order valence-corrected chi connectivity index (χ3v) is 1.82. The maximum absolute atomic E-state index is 11.7. The summed E-state index contributed by atoms with van der Waals surface area (Å²) in [5.41, 5.74) is 0. The van der Waals surface area contributed by atoms with E-state index in [1.807, 2.05) is 6.07 Å². The highest BCUT2D eigenvalue weighted by Gasteiger charge is 2.28. The van der Waals surface area contributed by atoms with Crippen molar-refractivity contribution < 1.29 is 22.6 Å². The normalized spacial score (nSPS) is 11.8. The molecule has 94 valence electrons. The molecule has 0 radical (unpaired) electrons. The van der Waals surface area contributed by atoms with Crippen molar-refractivity contribution in [3.63, 3.8) is 0 Å². The van der Waals surface area contributed by atoms with E-state index in [9.17, 15) is 13.2 Å². The van der Waals surface area contributed by atoms with Crippen molar-refractivity contribution in [2.24, 2.45) is 0 Å². The third kappa shape index (κ3) is 9.71. The van der Waals surface area contributed by atoms with Crippen LogP contribution >= 0.6 is 0 Å². The van der Waals surface area contributed by atoms with Gasteiger partial charge in [0.05, 0.1) is 19.3 Å². The Labute approximate surface area is 92.5 Å². The van der Waals surface area contributed by atoms with Gasteiger partial charge in [0, 0.05) is 33.2 Å². The maximum atomic E-state index is 11.7. The van der Waals surface area contributed by atoms with Gasteiger partial charge < -0.3 is 4.74 Å². The number of nitriles is 1. The van der Waals surface area contributed by atoms with Gasteiger partial charge in [-0.2, -0.15) is 5.26 Å². The molecule has 0 spiro atoms. The molecule has 0 heterocycles. The molecule has 0 fully saturated rings. The molecule has 0 rings (SSSR count). The van der Waals surface area contributed by atoms with Crippen LogP contribution < -0.4 is 0 Å². The first kappa shape index (κ1) is 15.2. The van der Waals surface area contributed by atoms with Gasteiger partial charge in [-0.25, -0.2) is 0 Å². The van der Waals surface area contributed by atoms with E-state index in [-0.39, 0.29) is 13.0 Å². The summed E-state index contributed by atoms with van der Waals surface area (Å²) in [6, 6.07) is 1.94. The first-order valence-electron chi connectivity index (χ1n) is 4.78. The monoisotopic (exact) mass is 240 g/mol. The van der Waals surface area contributed by atoms with Gasteiger partial charge in [-0.05, 0) is 0 Å². The summed E-state index contributed by atoms with van der Waals surface area (Å²) in [5, 5.41) is 8.38. The summed E-state index contributed by atoms with van der Waals surface area (Å²) in [6.45, 7) is 1.01. The Kier molecular flexibility index (Phi) is 7.89. The maximum Gasteiger partial charge on any atom is 0.522 e. The number of nitrogens with zero attached hydrogens (tertiary/aromatic N) is 2. The molecule has 7 heteroatoms. The molecule has 0 unspecified atom stereocenters. The number of methoxy groups -OCH3 is 1. The standard InChI is InChI=1S/C9H15F3N2O2/c1-15-7-5-14(4-2-3-13)6-8-16-9(10,11)12/h2,4-8H2,1H3. The molecule has 16 heavy (non-hydrogen) atoms. The number of alkyl halides is 3. The molecule has 0 saturated heterocycles. The van der Waals surface area contributed by atoms with Gasteiger partial charge in [0.25, 0.3) is 0 Å². The van der Waals surface area contributed by atoms with Crippen molar-refractivity contribution in [1.82, 2.24) is 4.90 Å². The van der Waals surface area contributed by atoms with E-state index in [4.69, 9.17) is 10.00 Å². The van der Waals surface area contributed by atoms with E-state index in [0.717, 1.165) is 0 Å². The summed E-state index contributed by atoms with van der Waals surface area (Å²) < 4.78 is 43.5. The van der Waals surface area contributed by atoms with E-state index in [2.05, 4.69) is 4.74 Å². The highest BCUT2D eigenvalue weighted by atomic mass is 19.4. The minimum Gasteiger partial charge on any atom is -0.383 e. The van der Waals surface area contributed by atoms with Crippen LogP contribution in [0.25, 0.3) is 0 Å². The zero-order valence-corrected chi connectivity index (χ0v) is 9.09. The fourth-order valence-electron chi connectivity index (χ4n) is 1.05. The summed E-state index contributed by atoms with van der Waals surface area (Å²) in [4.78, 5) is 1.69. The molecule has 0 aliphatic carbocycles. The van der Waals surface area contributed by atoms with Crippen LogP contribution in [0.3, 0.4) is 0 Å². The lowest BCUT2D eigenvalue weighted by atomic mass is 10.4. The first-order chi connectivity index (χ1) is 7.49. The molecule has 0 saturated carbocycles. The zero-order chi connectivity index (χ0) is 12.4. The molecule has 4 nitrogen and oxygen atoms in total. The quantitative estimate of drug-likeness (QED) is 0.643. The van der Waals surface area contributed by atoms with Gasteiger partial charge in [-0.1, -0.05) is 0 Å². The second-order valence-corrected chi connectivity index (χ2v) is 3.04. The van der Waals surface area contributed by atoms with E-state index in [1.165, 1.54) is 7.11 Å². The van der Waals surface area contributed by atoms with Crippen LogP contribution in [0, 0.1) is 11.3 Å². The van der Waals surface area contributed by atoms with Crippen molar-refractivity contribution in [2.75, 3.05) is 40.0 Å². The Hall–Kier alpha value is -0.840. The van der Waals surface area contributed by atoms with Crippen molar-refractivity contribution in [1.29, 1.82) is 5.26 Å². The largest absolute Gasteiger partial charge is 0.522 e. The molecule has 0 aliphatic rings. The average Bonchev–Trinajstić information content (AvgIpc) is 2.19. The van der Waals surface area contributed by atoms with Crippen molar-refractivity contribution in [2.45, 2.75) is 12.8 Å². The molecular weight excluding hydrogens is 225 g/mol. The topological polar surface area (TPSA) is 45.5 Å². The SMILES string of the molecule is COCCN(CCC#N)CCOC(F)(F)F. The number of ether oxygens (including phenoxy) is 2. The molecule has 0 amide bonds. The molecule has 0 aliphatic heterocycles. The lowest BCUT2D eigenvalue weighted by molar-refractivity contribution is -0.325. The van der Waals surface area contributed by atoms with Gasteiger partial charge in [0.1, 0.15) is 0 Å². The Balaban J connectivity index is 3.78. The van der Waals surface area contributed by atoms with E-state index in [1.54, 1.807) is 4.90 Å². The summed E-state index contributed by atoms with van der Waals surface area (Å²) >= 11 is 0. The zero-order valence-electron chi connectivity index (χ0n) is 9.09. The van der Waals surface area contributed by atoms with Gasteiger partial charge in [0.15, 0.2) is 0 Å². The van der Waals surface area contributed by atoms with Crippen LogP contribution in [-0.4, -0.2) is 51.2 Å². The van der Waals surface area contributed by atoms with E-state index < -0.39 is 13.0 Å². The molecule has 0 bridgehead atoms. The molecule has 0 aromatic carbocycles. The fraction of sp³-hybridized carbons (Fsp3) is 0.889. The van der Waals surface area contributed by atoms with Crippen LogP contribution in [0.2, 0.25) is 0 Å². The lowest BCUT2D eigenvalue weighted by Crippen LogP contribution is -2.33. The average molecular weight is 240 g/mol. The van der Waals surface area contributed by atoms with Gasteiger partial charge >= 0.3 is 6.36 Å². The Morgan fingerprint density at radius 1 is 1.19 bits per heavy atom. The van der Waals surface area contributed by atoms with Gasteiger partial charge in [-0.15, -0.1) is 13.2 Å². The van der Waals surface area contributed by atoms with Crippen molar-refractivity contribution in [3.8, 4) is 6.07 Å². The van der Waals surface area contributed by atoms with Gasteiger partial charge in [0.2, 0.25) is 0 Å². The number of halogens is 3. The number of hydrogen-bond donors (Lipinski definition) is 0. The second kappa shape index (κ2) is 8.33. The molecule has 0 aromatic heterocycles. The van der Waals surface area contributed by atoms with Crippen molar-refractivity contribution in [3.05, 3.63) is 0 Å². The molecular formula is C9H15F3N2O2. The molecule has 0 N–H and O–H groups in total. The predicted octanol–water partition coefficient (Wildman–Crippen LogP) is 1.38. The van der Waals surface area contributed by atoms with E-state index in [0.29, 0.717) is 19.7 Å². The molecule has 0 atom stereocenters. The summed E-state index contributed by atoms with van der Waals surface area (Å²) in [5.74, 6) is 0. The predicted molar refractivity (Wildman–Crippen MR) is 50.6 cm³/mol. The third-order valence-electron chi connectivity index (χ3n) is 1.82. The van der Waals surface area contributed by atoms with Crippen LogP contribution in [0.1, 0.15) is 6.42 Å². The number of rotatable bonds is 8. The lowest BCUT2D eigenvalue weighted by Gasteiger charge is -2.20. The molecule has 0 aromatic rings. The smallest absolute Gasteiger partial charge is 0.383 e. The van der Waals surface area contributed by atoms with Crippen molar-refractivity contribution >= 4 is 0 Å². The fourth-order valence-corrected chi connectivity index (χ4v) is 1.05. The Morgan fingerprint density at radius 2 is 1.81 bits per heavy atom. The van der Waals surface area contributed by atoms with Crippen LogP contribution in [0.15, 0.2) is 0 Å². The second-order valence-electron chi connectivity index (χ2n) is 3.04. The minimum atomic E-state index is -4.60. The van der Waals surface area contributed by atoms with Crippen LogP contribution in [0.5, 0.6) is 0 Å². The Morgan fingerprint density at radius 3 is 2.31 bits per heavy atom. The highest BCUT2D eigenvalue weighted by molar-refractivity contribution is 4.72. The highest BCUT2D eigenvalue weighted by Crippen LogP contribution is 2.15. The van der Waals surface area contributed by atoms with E-state index >= 15 is 0 Å².